The van der Waals surface area contributed by atoms with E-state index in [1.807, 2.05) is 31.2 Å². The van der Waals surface area contributed by atoms with Crippen molar-refractivity contribution in [3.8, 4) is 0 Å². The molecule has 106 valence electrons. The average Bonchev–Trinajstić information content (AvgIpc) is 2.43. The molecule has 1 aromatic carbocycles. The third-order valence-corrected chi connectivity index (χ3v) is 2.91. The zero-order chi connectivity index (χ0) is 14.1. The van der Waals surface area contributed by atoms with E-state index in [0.717, 1.165) is 25.1 Å². The molecular weight excluding hydrogens is 240 g/mol. The minimum Gasteiger partial charge on any atom is -0.396 e. The van der Waals surface area contributed by atoms with Crippen molar-refractivity contribution in [2.75, 3.05) is 18.5 Å². The fourth-order valence-corrected chi connectivity index (χ4v) is 1.87. The Labute approximate surface area is 115 Å². The summed E-state index contributed by atoms with van der Waals surface area (Å²) in [5.41, 5.74) is 1.54. The number of amides is 1. The Morgan fingerprint density at radius 1 is 1.37 bits per heavy atom. The molecule has 19 heavy (non-hydrogen) atoms. The van der Waals surface area contributed by atoms with Gasteiger partial charge in [0.25, 0.3) is 5.91 Å². The maximum atomic E-state index is 12.2. The first-order chi connectivity index (χ1) is 9.19. The van der Waals surface area contributed by atoms with Crippen molar-refractivity contribution in [3.63, 3.8) is 0 Å². The summed E-state index contributed by atoms with van der Waals surface area (Å²) in [5.74, 6) is -0.0651. The lowest BCUT2D eigenvalue weighted by Gasteiger charge is -2.15. The van der Waals surface area contributed by atoms with Crippen molar-refractivity contribution in [2.24, 2.45) is 0 Å². The van der Waals surface area contributed by atoms with Gasteiger partial charge in [0.15, 0.2) is 0 Å². The third kappa shape index (κ3) is 5.30. The molecule has 0 bridgehead atoms. The second kappa shape index (κ2) is 8.53. The normalized spacial score (nSPS) is 11.9. The molecule has 1 unspecified atom stereocenters. The van der Waals surface area contributed by atoms with Crippen molar-refractivity contribution in [3.05, 3.63) is 29.8 Å². The SMILES string of the molecule is CCCNc1ccccc1C(=O)NC(C)CCCO. The van der Waals surface area contributed by atoms with Crippen LogP contribution in [-0.2, 0) is 0 Å². The molecule has 4 nitrogen and oxygen atoms in total. The maximum Gasteiger partial charge on any atom is 0.253 e. The van der Waals surface area contributed by atoms with Crippen LogP contribution in [0.3, 0.4) is 0 Å². The highest BCUT2D eigenvalue weighted by molar-refractivity contribution is 5.99. The first kappa shape index (κ1) is 15.5. The van der Waals surface area contributed by atoms with Gasteiger partial charge in [-0.2, -0.15) is 0 Å². The van der Waals surface area contributed by atoms with E-state index in [4.69, 9.17) is 5.11 Å². The minimum absolute atomic E-state index is 0.0651. The number of hydrogen-bond donors (Lipinski definition) is 3. The van der Waals surface area contributed by atoms with Gasteiger partial charge in [0.05, 0.1) is 5.56 Å². The van der Waals surface area contributed by atoms with Crippen LogP contribution in [0.15, 0.2) is 24.3 Å². The van der Waals surface area contributed by atoms with Crippen molar-refractivity contribution < 1.29 is 9.90 Å². The molecule has 0 aromatic heterocycles. The lowest BCUT2D eigenvalue weighted by molar-refractivity contribution is 0.0937. The number of carbonyl (C=O) groups is 1. The van der Waals surface area contributed by atoms with E-state index in [-0.39, 0.29) is 18.6 Å². The van der Waals surface area contributed by atoms with Crippen molar-refractivity contribution in [1.29, 1.82) is 0 Å². The molecule has 1 aromatic rings. The minimum atomic E-state index is -0.0651. The monoisotopic (exact) mass is 264 g/mol. The van der Waals surface area contributed by atoms with E-state index in [0.29, 0.717) is 12.0 Å². The van der Waals surface area contributed by atoms with Crippen molar-refractivity contribution in [1.82, 2.24) is 5.32 Å². The first-order valence-corrected chi connectivity index (χ1v) is 6.93. The lowest BCUT2D eigenvalue weighted by Crippen LogP contribution is -2.33. The number of carbonyl (C=O) groups excluding carboxylic acids is 1. The average molecular weight is 264 g/mol. The quantitative estimate of drug-likeness (QED) is 0.675. The Bertz CT molecular complexity index is 393. The van der Waals surface area contributed by atoms with Crippen molar-refractivity contribution in [2.45, 2.75) is 39.2 Å². The molecule has 1 amide bonds. The highest BCUT2D eigenvalue weighted by Gasteiger charge is 2.12. The fourth-order valence-electron chi connectivity index (χ4n) is 1.87. The molecule has 0 aliphatic heterocycles. The predicted molar refractivity (Wildman–Crippen MR) is 78.5 cm³/mol. The molecule has 0 fully saturated rings. The first-order valence-electron chi connectivity index (χ1n) is 6.93. The summed E-state index contributed by atoms with van der Waals surface area (Å²) in [6, 6.07) is 7.60. The van der Waals surface area contributed by atoms with Gasteiger partial charge >= 0.3 is 0 Å². The van der Waals surface area contributed by atoms with Crippen LogP contribution in [-0.4, -0.2) is 30.2 Å². The highest BCUT2D eigenvalue weighted by atomic mass is 16.2. The highest BCUT2D eigenvalue weighted by Crippen LogP contribution is 2.15. The Morgan fingerprint density at radius 2 is 2.11 bits per heavy atom. The smallest absolute Gasteiger partial charge is 0.253 e. The predicted octanol–water partition coefficient (Wildman–Crippen LogP) is 2.40. The topological polar surface area (TPSA) is 61.4 Å². The third-order valence-electron chi connectivity index (χ3n) is 2.91. The number of hydrogen-bond acceptors (Lipinski definition) is 3. The molecule has 0 heterocycles. The van der Waals surface area contributed by atoms with Gasteiger partial charge in [-0.15, -0.1) is 0 Å². The van der Waals surface area contributed by atoms with Crippen LogP contribution in [0, 0.1) is 0 Å². The standard InChI is InChI=1S/C15H24N2O2/c1-3-10-16-14-9-5-4-8-13(14)15(19)17-12(2)7-6-11-18/h4-5,8-9,12,16,18H,3,6-7,10-11H2,1-2H3,(H,17,19). The van der Waals surface area contributed by atoms with E-state index in [1.165, 1.54) is 0 Å². The second-order valence-electron chi connectivity index (χ2n) is 4.71. The maximum absolute atomic E-state index is 12.2. The number of rotatable bonds is 8. The van der Waals surface area contributed by atoms with Gasteiger partial charge in [-0.05, 0) is 38.3 Å². The molecule has 0 saturated carbocycles. The largest absolute Gasteiger partial charge is 0.396 e. The van der Waals surface area contributed by atoms with Crippen LogP contribution < -0.4 is 10.6 Å². The van der Waals surface area contributed by atoms with Gasteiger partial charge in [0.1, 0.15) is 0 Å². The Hall–Kier alpha value is -1.55. The van der Waals surface area contributed by atoms with Crippen LogP contribution in [0.1, 0.15) is 43.5 Å². The van der Waals surface area contributed by atoms with Gasteiger partial charge in [-0.3, -0.25) is 4.79 Å². The van der Waals surface area contributed by atoms with E-state index in [2.05, 4.69) is 17.6 Å². The Morgan fingerprint density at radius 3 is 2.79 bits per heavy atom. The van der Waals surface area contributed by atoms with E-state index in [1.54, 1.807) is 0 Å². The van der Waals surface area contributed by atoms with Gasteiger partial charge in [-0.25, -0.2) is 0 Å². The Kier molecular flexibility index (Phi) is 6.97. The molecule has 1 atom stereocenters. The van der Waals surface area contributed by atoms with E-state index in [9.17, 15) is 4.79 Å². The summed E-state index contributed by atoms with van der Waals surface area (Å²) in [5, 5.41) is 15.0. The van der Waals surface area contributed by atoms with E-state index >= 15 is 0 Å². The lowest BCUT2D eigenvalue weighted by atomic mass is 10.1. The van der Waals surface area contributed by atoms with Gasteiger partial charge in [0.2, 0.25) is 0 Å². The zero-order valence-corrected chi connectivity index (χ0v) is 11.8. The number of nitrogens with one attached hydrogen (secondary N) is 2. The van der Waals surface area contributed by atoms with Crippen LogP contribution in [0.5, 0.6) is 0 Å². The molecule has 0 aliphatic rings. The number of anilines is 1. The number of aliphatic hydroxyl groups excluding tert-OH is 1. The van der Waals surface area contributed by atoms with Gasteiger partial charge in [-0.1, -0.05) is 19.1 Å². The van der Waals surface area contributed by atoms with Crippen molar-refractivity contribution >= 4 is 11.6 Å². The molecular formula is C15H24N2O2. The number of benzene rings is 1. The van der Waals surface area contributed by atoms with Crippen LogP contribution in [0.2, 0.25) is 0 Å². The zero-order valence-electron chi connectivity index (χ0n) is 11.8. The molecule has 4 heteroatoms. The summed E-state index contributed by atoms with van der Waals surface area (Å²) >= 11 is 0. The number of aliphatic hydroxyl groups is 1. The molecule has 0 aliphatic carbocycles. The van der Waals surface area contributed by atoms with Crippen LogP contribution in [0.4, 0.5) is 5.69 Å². The van der Waals surface area contributed by atoms with Crippen LogP contribution >= 0.6 is 0 Å². The molecule has 0 radical (unpaired) electrons. The van der Waals surface area contributed by atoms with Crippen LogP contribution in [0.25, 0.3) is 0 Å². The summed E-state index contributed by atoms with van der Waals surface area (Å²) in [6.07, 6.45) is 2.51. The summed E-state index contributed by atoms with van der Waals surface area (Å²) in [6.45, 7) is 5.06. The molecule has 0 saturated heterocycles. The summed E-state index contributed by atoms with van der Waals surface area (Å²) in [4.78, 5) is 12.2. The number of para-hydroxylation sites is 1. The molecule has 1 rings (SSSR count). The van der Waals surface area contributed by atoms with E-state index < -0.39 is 0 Å². The summed E-state index contributed by atoms with van der Waals surface area (Å²) in [7, 11) is 0. The van der Waals surface area contributed by atoms with Gasteiger partial charge in [0, 0.05) is 24.9 Å². The second-order valence-corrected chi connectivity index (χ2v) is 4.71. The molecule has 3 N–H and O–H groups in total. The summed E-state index contributed by atoms with van der Waals surface area (Å²) < 4.78 is 0. The fraction of sp³-hybridized carbons (Fsp3) is 0.533. The molecule has 0 spiro atoms. The Balaban J connectivity index is 2.65. The van der Waals surface area contributed by atoms with Gasteiger partial charge < -0.3 is 15.7 Å².